The van der Waals surface area contributed by atoms with Crippen molar-refractivity contribution in [1.82, 2.24) is 29.8 Å². The molecule has 11 heteroatoms. The molecular weight excluding hydrogens is 506 g/mol. The number of aliphatic hydroxyl groups is 1. The minimum Gasteiger partial charge on any atom is -0.395 e. The van der Waals surface area contributed by atoms with E-state index in [9.17, 15) is 5.11 Å². The Morgan fingerprint density at radius 3 is 2.65 bits per heavy atom. The van der Waals surface area contributed by atoms with Crippen LogP contribution < -0.4 is 15.1 Å². The molecule has 2 N–H and O–H groups in total. The number of hydrogen-bond acceptors (Lipinski definition) is 11. The summed E-state index contributed by atoms with van der Waals surface area (Å²) in [6, 6.07) is 13.5. The fourth-order valence-corrected chi connectivity index (χ4v) is 6.74. The van der Waals surface area contributed by atoms with E-state index in [1.54, 1.807) is 6.20 Å². The molecule has 4 aromatic rings. The summed E-state index contributed by atoms with van der Waals surface area (Å²) in [4.78, 5) is 30.5. The van der Waals surface area contributed by atoms with Crippen LogP contribution in [0, 0.1) is 0 Å². The normalized spacial score (nSPS) is 25.4. The monoisotopic (exact) mass is 537 g/mol. The van der Waals surface area contributed by atoms with Gasteiger partial charge in [-0.15, -0.1) is 0 Å². The third-order valence-electron chi connectivity index (χ3n) is 8.72. The summed E-state index contributed by atoms with van der Waals surface area (Å²) in [6.07, 6.45) is 8.02. The van der Waals surface area contributed by atoms with Gasteiger partial charge < -0.3 is 25.0 Å². The van der Waals surface area contributed by atoms with E-state index < -0.39 is 0 Å². The summed E-state index contributed by atoms with van der Waals surface area (Å²) < 4.78 is 5.72. The largest absolute Gasteiger partial charge is 0.395 e. The molecule has 1 aromatic carbocycles. The lowest BCUT2D eigenvalue weighted by Crippen LogP contribution is -2.47. The number of piperazine rings is 1. The molecule has 4 bridgehead atoms. The van der Waals surface area contributed by atoms with Crippen molar-refractivity contribution in [2.45, 2.75) is 37.1 Å². The van der Waals surface area contributed by atoms with Crippen molar-refractivity contribution < 1.29 is 9.84 Å². The predicted molar refractivity (Wildman–Crippen MR) is 152 cm³/mol. The van der Waals surface area contributed by atoms with Crippen molar-refractivity contribution in [1.29, 1.82) is 0 Å². The molecule has 0 radical (unpaired) electrons. The molecule has 3 aromatic heterocycles. The Kier molecular flexibility index (Phi) is 5.75. The van der Waals surface area contributed by atoms with Gasteiger partial charge in [-0.2, -0.15) is 0 Å². The van der Waals surface area contributed by atoms with Crippen molar-refractivity contribution in [3.8, 4) is 11.3 Å². The summed E-state index contributed by atoms with van der Waals surface area (Å²) >= 11 is 0. The lowest BCUT2D eigenvalue weighted by molar-refractivity contribution is 0.0986. The first-order valence-electron chi connectivity index (χ1n) is 14.0. The van der Waals surface area contributed by atoms with E-state index in [4.69, 9.17) is 19.7 Å². The topological polar surface area (TPSA) is 116 Å². The Bertz CT molecular complexity index is 1550. The molecule has 4 fully saturated rings. The molecule has 0 amide bonds. The number of anilines is 4. The molecule has 11 nitrogen and oxygen atoms in total. The van der Waals surface area contributed by atoms with Crippen LogP contribution in [0.4, 0.5) is 23.4 Å². The number of hydrogen-bond donors (Lipinski definition) is 2. The van der Waals surface area contributed by atoms with E-state index >= 15 is 0 Å². The molecule has 4 atom stereocenters. The number of rotatable bonds is 7. The number of nitrogens with zero attached hydrogens (tertiary/aromatic N) is 8. The second kappa shape index (κ2) is 9.61. The minimum absolute atomic E-state index is 0.219. The van der Waals surface area contributed by atoms with Gasteiger partial charge in [-0.25, -0.2) is 24.9 Å². The summed E-state index contributed by atoms with van der Waals surface area (Å²) in [7, 11) is 0. The second-order valence-electron chi connectivity index (χ2n) is 11.2. The highest BCUT2D eigenvalue weighted by atomic mass is 16.5. The number of morpholine rings is 1. The molecule has 7 heterocycles. The van der Waals surface area contributed by atoms with E-state index in [1.165, 1.54) is 0 Å². The average molecular weight is 538 g/mol. The fourth-order valence-electron chi connectivity index (χ4n) is 6.74. The Balaban J connectivity index is 0.961. The lowest BCUT2D eigenvalue weighted by Gasteiger charge is -2.34. The van der Waals surface area contributed by atoms with Crippen LogP contribution in [0.25, 0.3) is 22.2 Å². The van der Waals surface area contributed by atoms with E-state index in [0.717, 1.165) is 85.2 Å². The van der Waals surface area contributed by atoms with Crippen LogP contribution >= 0.6 is 0 Å². The maximum absolute atomic E-state index is 9.28. The lowest BCUT2D eigenvalue weighted by atomic mass is 10.1. The van der Waals surface area contributed by atoms with Gasteiger partial charge in [-0.1, -0.05) is 6.07 Å². The number of pyridine rings is 1. The van der Waals surface area contributed by atoms with E-state index in [1.807, 2.05) is 36.7 Å². The number of aromatic nitrogens is 5. The van der Waals surface area contributed by atoms with Crippen LogP contribution in [0.5, 0.6) is 0 Å². The number of ether oxygens (including phenoxy) is 1. The van der Waals surface area contributed by atoms with E-state index in [0.29, 0.717) is 30.2 Å². The van der Waals surface area contributed by atoms with Gasteiger partial charge in [0.2, 0.25) is 11.9 Å². The third kappa shape index (κ3) is 4.21. The quantitative estimate of drug-likeness (QED) is 0.362. The van der Waals surface area contributed by atoms with Crippen LogP contribution in [0.2, 0.25) is 0 Å². The zero-order valence-electron chi connectivity index (χ0n) is 22.1. The number of aliphatic hydroxyl groups excluding tert-OH is 1. The molecule has 204 valence electrons. The Labute approximate surface area is 231 Å². The first-order chi connectivity index (χ1) is 19.7. The van der Waals surface area contributed by atoms with Gasteiger partial charge >= 0.3 is 0 Å². The average Bonchev–Trinajstić information content (AvgIpc) is 3.80. The standard InChI is InChI=1S/C29H31N9O2/c39-8-7-36-14-22-10-21(36)15-37(22)27-4-2-20(13-31-27)33-28-30-6-5-26(34-28)18-1-3-25-19(9-18)12-32-29(35-25)38-16-24-11-23(38)17-40-24/h1-6,9,12-13,21-24,39H,7-8,10-11,14-17H2,(H,30,33,34)/t21?,22-,23-,24?/m0/s1. The maximum Gasteiger partial charge on any atom is 0.227 e. The van der Waals surface area contributed by atoms with Crippen molar-refractivity contribution >= 4 is 34.3 Å². The Morgan fingerprint density at radius 2 is 1.88 bits per heavy atom. The van der Waals surface area contributed by atoms with Gasteiger partial charge in [-0.05, 0) is 43.2 Å². The molecule has 4 aliphatic rings. The summed E-state index contributed by atoms with van der Waals surface area (Å²) in [5, 5.41) is 13.6. The summed E-state index contributed by atoms with van der Waals surface area (Å²) in [5.74, 6) is 2.29. The second-order valence-corrected chi connectivity index (χ2v) is 11.2. The van der Waals surface area contributed by atoms with Crippen LogP contribution in [-0.4, -0.2) is 98.5 Å². The molecule has 2 unspecified atom stereocenters. The minimum atomic E-state index is 0.219. The number of benzene rings is 1. The van der Waals surface area contributed by atoms with Crippen LogP contribution in [-0.2, 0) is 4.74 Å². The molecule has 0 aliphatic carbocycles. The van der Waals surface area contributed by atoms with E-state index in [-0.39, 0.29) is 6.61 Å². The number of β-amino-alcohol motifs (C(OH)–C–C–N with tert-alkyl or cyclic N) is 1. The van der Waals surface area contributed by atoms with Crippen molar-refractivity contribution in [2.75, 3.05) is 54.5 Å². The van der Waals surface area contributed by atoms with Crippen molar-refractivity contribution in [2.24, 2.45) is 0 Å². The number of fused-ring (bicyclic) bond motifs is 5. The molecule has 40 heavy (non-hydrogen) atoms. The SMILES string of the molecule is OCCN1C[C@@H]2CC1CN2c1ccc(Nc2nccc(-c3ccc4nc(N5CC6C[C@H]5CO6)ncc4c3)n2)cn1. The van der Waals surface area contributed by atoms with Crippen molar-refractivity contribution in [3.05, 3.63) is 55.0 Å². The molecule has 4 aliphatic heterocycles. The highest BCUT2D eigenvalue weighted by Gasteiger charge is 2.43. The molecular formula is C29H31N9O2. The van der Waals surface area contributed by atoms with E-state index in [2.05, 4.69) is 42.1 Å². The fraction of sp³-hybridized carbons (Fsp3) is 0.414. The highest BCUT2D eigenvalue weighted by molar-refractivity contribution is 5.84. The molecule has 0 spiro atoms. The molecule has 4 saturated heterocycles. The first-order valence-corrected chi connectivity index (χ1v) is 14.0. The number of likely N-dealkylation sites (tertiary alicyclic amines) is 1. The Hall–Kier alpha value is -3.93. The molecule has 8 rings (SSSR count). The summed E-state index contributed by atoms with van der Waals surface area (Å²) in [5.41, 5.74) is 3.56. The van der Waals surface area contributed by atoms with Gasteiger partial charge in [0.15, 0.2) is 0 Å². The van der Waals surface area contributed by atoms with Crippen LogP contribution in [0.15, 0.2) is 55.0 Å². The van der Waals surface area contributed by atoms with Gasteiger partial charge in [0.05, 0.1) is 48.5 Å². The number of nitrogens with one attached hydrogen (secondary N) is 1. The maximum atomic E-state index is 9.28. The zero-order chi connectivity index (χ0) is 26.6. The third-order valence-corrected chi connectivity index (χ3v) is 8.72. The van der Waals surface area contributed by atoms with Gasteiger partial charge in [0.1, 0.15) is 5.82 Å². The highest BCUT2D eigenvalue weighted by Crippen LogP contribution is 2.34. The zero-order valence-corrected chi connectivity index (χ0v) is 22.1. The predicted octanol–water partition coefficient (Wildman–Crippen LogP) is 2.46. The summed E-state index contributed by atoms with van der Waals surface area (Å²) in [6.45, 7) is 4.56. The smallest absolute Gasteiger partial charge is 0.227 e. The van der Waals surface area contributed by atoms with Gasteiger partial charge in [0, 0.05) is 61.6 Å². The van der Waals surface area contributed by atoms with Gasteiger partial charge in [0.25, 0.3) is 0 Å². The molecule has 0 saturated carbocycles. The van der Waals surface area contributed by atoms with Gasteiger partial charge in [-0.3, -0.25) is 4.90 Å². The Morgan fingerprint density at radius 1 is 0.900 bits per heavy atom. The van der Waals surface area contributed by atoms with Crippen LogP contribution in [0.3, 0.4) is 0 Å². The van der Waals surface area contributed by atoms with Crippen molar-refractivity contribution in [3.63, 3.8) is 0 Å². The van der Waals surface area contributed by atoms with Crippen LogP contribution in [0.1, 0.15) is 12.8 Å². The first kappa shape index (κ1) is 23.9.